The number of carbonyl (C=O) groups excluding carboxylic acids is 2. The molecule has 0 bridgehead atoms. The molecular weight excluding hydrogens is 318 g/mol. The van der Waals surface area contributed by atoms with E-state index in [0.29, 0.717) is 35.4 Å². The minimum absolute atomic E-state index is 0.00810. The Labute approximate surface area is 148 Å². The van der Waals surface area contributed by atoms with E-state index >= 15 is 0 Å². The largest absolute Gasteiger partial charge is 0.482 e. The molecule has 0 aliphatic carbocycles. The van der Waals surface area contributed by atoms with Crippen LogP contribution in [-0.4, -0.2) is 49.5 Å². The molecule has 1 saturated heterocycles. The van der Waals surface area contributed by atoms with Gasteiger partial charge < -0.3 is 20.3 Å². The zero-order valence-corrected chi connectivity index (χ0v) is 15.0. The van der Waals surface area contributed by atoms with Crippen molar-refractivity contribution in [1.29, 1.82) is 0 Å². The lowest BCUT2D eigenvalue weighted by atomic mass is 9.97. The van der Waals surface area contributed by atoms with Gasteiger partial charge in [-0.25, -0.2) is 0 Å². The van der Waals surface area contributed by atoms with Crippen LogP contribution in [0, 0.1) is 11.8 Å². The van der Waals surface area contributed by atoms with Crippen molar-refractivity contribution in [3.63, 3.8) is 0 Å². The monoisotopic (exact) mass is 345 g/mol. The van der Waals surface area contributed by atoms with Gasteiger partial charge in [0.25, 0.3) is 11.8 Å². The zero-order valence-electron chi connectivity index (χ0n) is 15.0. The average Bonchev–Trinajstić information content (AvgIpc) is 2.59. The van der Waals surface area contributed by atoms with E-state index in [1.54, 1.807) is 18.2 Å². The molecule has 136 valence electrons. The summed E-state index contributed by atoms with van der Waals surface area (Å²) in [5, 5.41) is 5.78. The van der Waals surface area contributed by atoms with Crippen LogP contribution >= 0.6 is 0 Å². The average molecular weight is 345 g/mol. The normalized spacial score (nSPS) is 20.6. The highest BCUT2D eigenvalue weighted by Crippen LogP contribution is 2.28. The summed E-state index contributed by atoms with van der Waals surface area (Å²) in [6, 6.07) is 5.12. The summed E-state index contributed by atoms with van der Waals surface area (Å²) in [7, 11) is 0. The van der Waals surface area contributed by atoms with Gasteiger partial charge in [0, 0.05) is 25.2 Å². The third-order valence-corrected chi connectivity index (χ3v) is 4.65. The van der Waals surface area contributed by atoms with Crippen LogP contribution in [0.1, 0.15) is 37.0 Å². The summed E-state index contributed by atoms with van der Waals surface area (Å²) in [4.78, 5) is 26.2. The Morgan fingerprint density at radius 3 is 3.08 bits per heavy atom. The molecule has 1 fully saturated rings. The molecule has 2 heterocycles. The molecule has 0 aromatic heterocycles. The predicted molar refractivity (Wildman–Crippen MR) is 96.9 cm³/mol. The SMILES string of the molecule is CC(C)CN1CCC[C@H](CNC(=O)c2ccc3c(c2)OCC(=O)N3)C1. The van der Waals surface area contributed by atoms with Gasteiger partial charge in [0.2, 0.25) is 0 Å². The fourth-order valence-corrected chi connectivity index (χ4v) is 3.56. The first-order chi connectivity index (χ1) is 12.0. The maximum absolute atomic E-state index is 12.4. The van der Waals surface area contributed by atoms with Gasteiger partial charge in [0.05, 0.1) is 5.69 Å². The van der Waals surface area contributed by atoms with Crippen LogP contribution in [0.5, 0.6) is 5.75 Å². The minimum atomic E-state index is -0.173. The molecule has 0 saturated carbocycles. The predicted octanol–water partition coefficient (Wildman–Crippen LogP) is 2.12. The number of fused-ring (bicyclic) bond motifs is 1. The summed E-state index contributed by atoms with van der Waals surface area (Å²) in [5.74, 6) is 1.46. The topological polar surface area (TPSA) is 70.7 Å². The van der Waals surface area contributed by atoms with E-state index in [-0.39, 0.29) is 18.4 Å². The molecule has 1 aromatic carbocycles. The number of likely N-dealkylation sites (tertiary alicyclic amines) is 1. The van der Waals surface area contributed by atoms with Gasteiger partial charge >= 0.3 is 0 Å². The number of rotatable bonds is 5. The van der Waals surface area contributed by atoms with Crippen LogP contribution in [-0.2, 0) is 4.79 Å². The summed E-state index contributed by atoms with van der Waals surface area (Å²) < 4.78 is 5.37. The first-order valence-corrected chi connectivity index (χ1v) is 9.08. The molecule has 6 nitrogen and oxygen atoms in total. The Hall–Kier alpha value is -2.08. The summed E-state index contributed by atoms with van der Waals surface area (Å²) in [6.07, 6.45) is 2.36. The van der Waals surface area contributed by atoms with Gasteiger partial charge in [-0.05, 0) is 49.4 Å². The first-order valence-electron chi connectivity index (χ1n) is 9.08. The fourth-order valence-electron chi connectivity index (χ4n) is 3.56. The third-order valence-electron chi connectivity index (χ3n) is 4.65. The number of anilines is 1. The van der Waals surface area contributed by atoms with Crippen molar-refractivity contribution in [1.82, 2.24) is 10.2 Å². The van der Waals surface area contributed by atoms with E-state index in [1.165, 1.54) is 6.42 Å². The molecular formula is C19H27N3O3. The number of piperidine rings is 1. The molecule has 2 aliphatic heterocycles. The maximum atomic E-state index is 12.4. The third kappa shape index (κ3) is 4.72. The van der Waals surface area contributed by atoms with Gasteiger partial charge in [0.15, 0.2) is 6.61 Å². The second kappa shape index (κ2) is 7.87. The van der Waals surface area contributed by atoms with E-state index in [0.717, 1.165) is 26.1 Å². The van der Waals surface area contributed by atoms with Crippen molar-refractivity contribution in [2.75, 3.05) is 38.1 Å². The Balaban J connectivity index is 1.53. The van der Waals surface area contributed by atoms with Crippen molar-refractivity contribution in [3.8, 4) is 5.75 Å². The Bertz CT molecular complexity index is 645. The lowest BCUT2D eigenvalue weighted by molar-refractivity contribution is -0.118. The molecule has 0 spiro atoms. The molecule has 3 rings (SSSR count). The number of amides is 2. The van der Waals surface area contributed by atoms with Crippen LogP contribution in [0.15, 0.2) is 18.2 Å². The molecule has 2 amide bonds. The second-order valence-electron chi connectivity index (χ2n) is 7.42. The minimum Gasteiger partial charge on any atom is -0.482 e. The summed E-state index contributed by atoms with van der Waals surface area (Å²) in [6.45, 7) is 8.51. The van der Waals surface area contributed by atoms with Gasteiger partial charge in [-0.15, -0.1) is 0 Å². The van der Waals surface area contributed by atoms with Crippen LogP contribution in [0.4, 0.5) is 5.69 Å². The summed E-state index contributed by atoms with van der Waals surface area (Å²) >= 11 is 0. The standard InChI is InChI=1S/C19H27N3O3/c1-13(2)10-22-7-3-4-14(11-22)9-20-19(24)15-5-6-16-17(8-15)25-12-18(23)21-16/h5-6,8,13-14H,3-4,7,9-12H2,1-2H3,(H,20,24)(H,21,23)/t14-/m1/s1. The van der Waals surface area contributed by atoms with Crippen molar-refractivity contribution < 1.29 is 14.3 Å². The number of nitrogens with zero attached hydrogens (tertiary/aromatic N) is 1. The van der Waals surface area contributed by atoms with Gasteiger partial charge in [-0.2, -0.15) is 0 Å². The maximum Gasteiger partial charge on any atom is 0.262 e. The zero-order chi connectivity index (χ0) is 17.8. The van der Waals surface area contributed by atoms with E-state index in [2.05, 4.69) is 29.4 Å². The Morgan fingerprint density at radius 2 is 2.28 bits per heavy atom. The molecule has 0 unspecified atom stereocenters. The highest BCUT2D eigenvalue weighted by Gasteiger charge is 2.22. The van der Waals surface area contributed by atoms with Crippen molar-refractivity contribution >= 4 is 17.5 Å². The van der Waals surface area contributed by atoms with E-state index < -0.39 is 0 Å². The summed E-state index contributed by atoms with van der Waals surface area (Å²) in [5.41, 5.74) is 1.18. The second-order valence-corrected chi connectivity index (χ2v) is 7.42. The molecule has 2 aliphatic rings. The van der Waals surface area contributed by atoms with Crippen molar-refractivity contribution in [3.05, 3.63) is 23.8 Å². The number of hydrogen-bond donors (Lipinski definition) is 2. The molecule has 0 radical (unpaired) electrons. The molecule has 1 atom stereocenters. The molecule has 6 heteroatoms. The highest BCUT2D eigenvalue weighted by atomic mass is 16.5. The highest BCUT2D eigenvalue weighted by molar-refractivity contribution is 5.98. The van der Waals surface area contributed by atoms with Crippen molar-refractivity contribution in [2.45, 2.75) is 26.7 Å². The lowest BCUT2D eigenvalue weighted by Crippen LogP contribution is -2.42. The molecule has 25 heavy (non-hydrogen) atoms. The molecule has 1 aromatic rings. The van der Waals surface area contributed by atoms with Gasteiger partial charge in [-0.3, -0.25) is 9.59 Å². The van der Waals surface area contributed by atoms with Crippen LogP contribution in [0.25, 0.3) is 0 Å². The quantitative estimate of drug-likeness (QED) is 0.857. The first kappa shape index (κ1) is 17.7. The van der Waals surface area contributed by atoms with Crippen LogP contribution in [0.3, 0.4) is 0 Å². The number of ether oxygens (including phenoxy) is 1. The molecule has 2 N–H and O–H groups in total. The Morgan fingerprint density at radius 1 is 1.44 bits per heavy atom. The number of hydrogen-bond acceptors (Lipinski definition) is 4. The number of benzene rings is 1. The fraction of sp³-hybridized carbons (Fsp3) is 0.579. The van der Waals surface area contributed by atoms with Crippen LogP contribution in [0.2, 0.25) is 0 Å². The van der Waals surface area contributed by atoms with Gasteiger partial charge in [-0.1, -0.05) is 13.8 Å². The van der Waals surface area contributed by atoms with Crippen molar-refractivity contribution in [2.24, 2.45) is 11.8 Å². The van der Waals surface area contributed by atoms with E-state index in [4.69, 9.17) is 4.74 Å². The smallest absolute Gasteiger partial charge is 0.262 e. The van der Waals surface area contributed by atoms with Gasteiger partial charge in [0.1, 0.15) is 5.75 Å². The number of carbonyl (C=O) groups is 2. The van der Waals surface area contributed by atoms with E-state index in [9.17, 15) is 9.59 Å². The Kier molecular flexibility index (Phi) is 5.58. The van der Waals surface area contributed by atoms with E-state index in [1.807, 2.05) is 0 Å². The number of nitrogens with one attached hydrogen (secondary N) is 2. The lowest BCUT2D eigenvalue weighted by Gasteiger charge is -2.33. The van der Waals surface area contributed by atoms with Crippen LogP contribution < -0.4 is 15.4 Å².